The lowest BCUT2D eigenvalue weighted by Gasteiger charge is -2.31. The summed E-state index contributed by atoms with van der Waals surface area (Å²) in [5, 5.41) is 7.31. The Morgan fingerprint density at radius 1 is 1.17 bits per heavy atom. The molecule has 0 amide bonds. The zero-order valence-electron chi connectivity index (χ0n) is 14.8. The maximum Gasteiger partial charge on any atom is 0.191 e. The molecule has 5 nitrogen and oxygen atoms in total. The van der Waals surface area contributed by atoms with Crippen LogP contribution in [0.2, 0.25) is 0 Å². The zero-order chi connectivity index (χ0) is 16.6. The highest BCUT2D eigenvalue weighted by atomic mass is 16.5. The van der Waals surface area contributed by atoms with E-state index >= 15 is 0 Å². The number of furan rings is 1. The van der Waals surface area contributed by atoms with Gasteiger partial charge in [0.05, 0.1) is 6.26 Å². The predicted octanol–water partition coefficient (Wildman–Crippen LogP) is 3.12. The molecule has 2 N–H and O–H groups in total. The number of guanidine groups is 1. The smallest absolute Gasteiger partial charge is 0.191 e. The molecule has 1 aliphatic heterocycles. The molecule has 0 radical (unpaired) electrons. The van der Waals surface area contributed by atoms with Crippen molar-refractivity contribution in [1.82, 2.24) is 10.6 Å². The Kier molecular flexibility index (Phi) is 6.58. The topological polar surface area (TPSA) is 58.8 Å². The summed E-state index contributed by atoms with van der Waals surface area (Å²) in [6.45, 7) is 4.79. The Labute approximate surface area is 145 Å². The lowest BCUT2D eigenvalue weighted by molar-refractivity contribution is 0.0821. The molecule has 3 rings (SSSR count). The van der Waals surface area contributed by atoms with E-state index in [0.717, 1.165) is 56.7 Å². The third-order valence-corrected chi connectivity index (χ3v) is 5.05. The van der Waals surface area contributed by atoms with E-state index in [1.54, 1.807) is 6.26 Å². The predicted molar refractivity (Wildman–Crippen MR) is 96.2 cm³/mol. The molecular formula is C19H31N3O2. The zero-order valence-corrected chi connectivity index (χ0v) is 14.8. The highest BCUT2D eigenvalue weighted by Crippen LogP contribution is 2.23. The fourth-order valence-corrected chi connectivity index (χ4v) is 3.66. The van der Waals surface area contributed by atoms with Crippen LogP contribution in [0.4, 0.5) is 0 Å². The quantitative estimate of drug-likeness (QED) is 0.642. The molecule has 2 heterocycles. The Bertz CT molecular complexity index is 495. The van der Waals surface area contributed by atoms with Gasteiger partial charge in [-0.1, -0.05) is 19.8 Å². The first-order valence-electron chi connectivity index (χ1n) is 9.47. The molecular weight excluding hydrogens is 302 g/mol. The molecule has 2 atom stereocenters. The van der Waals surface area contributed by atoms with Gasteiger partial charge >= 0.3 is 0 Å². The highest BCUT2D eigenvalue weighted by Gasteiger charge is 2.21. The fraction of sp³-hybridized carbons (Fsp3) is 0.737. The molecule has 2 aliphatic rings. The summed E-state index contributed by atoms with van der Waals surface area (Å²) in [4.78, 5) is 4.81. The second-order valence-electron chi connectivity index (χ2n) is 7.20. The van der Waals surface area contributed by atoms with Crippen LogP contribution in [0, 0.1) is 5.92 Å². The molecule has 24 heavy (non-hydrogen) atoms. The van der Waals surface area contributed by atoms with Gasteiger partial charge in [-0.25, -0.2) is 0 Å². The number of aliphatic imine (C=N–C) groups is 1. The van der Waals surface area contributed by atoms with E-state index in [4.69, 9.17) is 14.1 Å². The van der Waals surface area contributed by atoms with Gasteiger partial charge in [0.2, 0.25) is 0 Å². The number of ether oxygens (including phenoxy) is 1. The van der Waals surface area contributed by atoms with Gasteiger partial charge in [-0.3, -0.25) is 4.99 Å². The van der Waals surface area contributed by atoms with E-state index in [2.05, 4.69) is 17.6 Å². The van der Waals surface area contributed by atoms with Gasteiger partial charge < -0.3 is 19.8 Å². The van der Waals surface area contributed by atoms with E-state index in [1.807, 2.05) is 12.1 Å². The van der Waals surface area contributed by atoms with Crippen LogP contribution >= 0.6 is 0 Å². The third-order valence-electron chi connectivity index (χ3n) is 5.05. The minimum absolute atomic E-state index is 0.467. The van der Waals surface area contributed by atoms with Gasteiger partial charge in [-0.15, -0.1) is 0 Å². The molecule has 1 saturated heterocycles. The molecule has 1 aliphatic carbocycles. The van der Waals surface area contributed by atoms with Crippen molar-refractivity contribution in [2.24, 2.45) is 10.9 Å². The van der Waals surface area contributed by atoms with E-state index in [9.17, 15) is 0 Å². The molecule has 2 fully saturated rings. The van der Waals surface area contributed by atoms with Crippen LogP contribution < -0.4 is 10.6 Å². The maximum absolute atomic E-state index is 5.46. The largest absolute Gasteiger partial charge is 0.469 e. The summed E-state index contributed by atoms with van der Waals surface area (Å²) in [6, 6.07) is 4.96. The number of hydrogen-bond donors (Lipinski definition) is 2. The van der Waals surface area contributed by atoms with Gasteiger partial charge in [-0.2, -0.15) is 0 Å². The van der Waals surface area contributed by atoms with Crippen LogP contribution in [-0.2, 0) is 11.2 Å². The van der Waals surface area contributed by atoms with Crippen molar-refractivity contribution in [1.29, 1.82) is 0 Å². The monoisotopic (exact) mass is 333 g/mol. The van der Waals surface area contributed by atoms with Crippen molar-refractivity contribution in [2.75, 3.05) is 19.8 Å². The minimum Gasteiger partial charge on any atom is -0.469 e. The fourth-order valence-electron chi connectivity index (χ4n) is 3.66. The van der Waals surface area contributed by atoms with E-state index in [1.165, 1.54) is 25.7 Å². The molecule has 0 aromatic carbocycles. The number of nitrogens with zero attached hydrogens (tertiary/aromatic N) is 1. The number of rotatable bonds is 5. The summed E-state index contributed by atoms with van der Waals surface area (Å²) in [5.41, 5.74) is 0. The maximum atomic E-state index is 5.46. The lowest BCUT2D eigenvalue weighted by atomic mass is 9.87. The molecule has 1 saturated carbocycles. The van der Waals surface area contributed by atoms with Crippen LogP contribution in [0.3, 0.4) is 0 Å². The Morgan fingerprint density at radius 3 is 2.75 bits per heavy atom. The molecule has 2 unspecified atom stereocenters. The highest BCUT2D eigenvalue weighted by molar-refractivity contribution is 5.80. The van der Waals surface area contributed by atoms with Gasteiger partial charge in [0.1, 0.15) is 5.76 Å². The minimum atomic E-state index is 0.467. The SMILES string of the molecule is CC1CCCC(NC(=NCCc2ccco2)NC2CCOCC2)C1. The Balaban J connectivity index is 1.55. The average Bonchev–Trinajstić information content (AvgIpc) is 3.09. The van der Waals surface area contributed by atoms with E-state index < -0.39 is 0 Å². The van der Waals surface area contributed by atoms with Crippen LogP contribution in [0.15, 0.2) is 27.8 Å². The normalized spacial score (nSPS) is 26.3. The Hall–Kier alpha value is -1.49. The second-order valence-corrected chi connectivity index (χ2v) is 7.20. The van der Waals surface area contributed by atoms with Crippen molar-refractivity contribution in [2.45, 2.75) is 64.0 Å². The first kappa shape index (κ1) is 17.3. The Morgan fingerprint density at radius 2 is 2.00 bits per heavy atom. The van der Waals surface area contributed by atoms with E-state index in [0.29, 0.717) is 12.1 Å². The molecule has 1 aromatic heterocycles. The van der Waals surface area contributed by atoms with Crippen LogP contribution in [0.1, 0.15) is 51.2 Å². The standard InChI is InChI=1S/C19H31N3O2/c1-15-4-2-5-17(14-15)22-19(21-16-8-12-23-13-9-16)20-10-7-18-6-3-11-24-18/h3,6,11,15-17H,2,4-5,7-10,12-14H2,1H3,(H2,20,21,22). The van der Waals surface area contributed by atoms with Crippen LogP contribution in [-0.4, -0.2) is 37.8 Å². The molecule has 5 heteroatoms. The average molecular weight is 333 g/mol. The summed E-state index contributed by atoms with van der Waals surface area (Å²) in [5.74, 6) is 2.77. The van der Waals surface area contributed by atoms with Gasteiger partial charge in [0.15, 0.2) is 5.96 Å². The molecule has 0 spiro atoms. The third kappa shape index (κ3) is 5.55. The molecule has 134 valence electrons. The van der Waals surface area contributed by atoms with Crippen molar-refractivity contribution in [3.63, 3.8) is 0 Å². The van der Waals surface area contributed by atoms with E-state index in [-0.39, 0.29) is 0 Å². The first-order chi connectivity index (χ1) is 11.8. The molecule has 0 bridgehead atoms. The summed E-state index contributed by atoms with van der Waals surface area (Å²) >= 11 is 0. The van der Waals surface area contributed by atoms with Crippen molar-refractivity contribution < 1.29 is 9.15 Å². The van der Waals surface area contributed by atoms with Gasteiger partial charge in [0, 0.05) is 38.3 Å². The van der Waals surface area contributed by atoms with Crippen LogP contribution in [0.25, 0.3) is 0 Å². The van der Waals surface area contributed by atoms with Crippen molar-refractivity contribution in [3.05, 3.63) is 24.2 Å². The number of hydrogen-bond acceptors (Lipinski definition) is 3. The lowest BCUT2D eigenvalue weighted by Crippen LogP contribution is -2.50. The second kappa shape index (κ2) is 9.11. The number of nitrogens with one attached hydrogen (secondary N) is 2. The van der Waals surface area contributed by atoms with Gasteiger partial charge in [-0.05, 0) is 43.7 Å². The van der Waals surface area contributed by atoms with Crippen molar-refractivity contribution >= 4 is 5.96 Å². The molecule has 1 aromatic rings. The summed E-state index contributed by atoms with van der Waals surface area (Å²) in [7, 11) is 0. The summed E-state index contributed by atoms with van der Waals surface area (Å²) in [6.07, 6.45) is 9.84. The van der Waals surface area contributed by atoms with Crippen molar-refractivity contribution in [3.8, 4) is 0 Å². The van der Waals surface area contributed by atoms with Gasteiger partial charge in [0.25, 0.3) is 0 Å². The first-order valence-corrected chi connectivity index (χ1v) is 9.47. The van der Waals surface area contributed by atoms with Crippen LogP contribution in [0.5, 0.6) is 0 Å². The summed E-state index contributed by atoms with van der Waals surface area (Å²) < 4.78 is 10.9.